The van der Waals surface area contributed by atoms with Crippen molar-refractivity contribution in [1.82, 2.24) is 5.32 Å². The van der Waals surface area contributed by atoms with Crippen molar-refractivity contribution in [1.29, 1.82) is 0 Å². The Balaban J connectivity index is 2.12. The van der Waals surface area contributed by atoms with Gasteiger partial charge >= 0.3 is 0 Å². The molecule has 0 saturated carbocycles. The first-order valence-electron chi connectivity index (χ1n) is 6.80. The molecule has 7 heteroatoms. The number of anilines is 2. The summed E-state index contributed by atoms with van der Waals surface area (Å²) in [5, 5.41) is 6.09. The van der Waals surface area contributed by atoms with Crippen LogP contribution in [0.5, 0.6) is 0 Å². The molecule has 1 aliphatic rings. The zero-order valence-electron chi connectivity index (χ0n) is 12.5. The van der Waals surface area contributed by atoms with Gasteiger partial charge in [0, 0.05) is 12.2 Å². The highest BCUT2D eigenvalue weighted by Crippen LogP contribution is 2.27. The van der Waals surface area contributed by atoms with E-state index >= 15 is 0 Å². The molecule has 0 radical (unpaired) electrons. The minimum absolute atomic E-state index is 0.0178. The van der Waals surface area contributed by atoms with Gasteiger partial charge in [0.1, 0.15) is 0 Å². The SMILES string of the molecule is Cc1cc(NC(=O)C2(C)CCNC2)ccc1NS(C)(=O)=O. The van der Waals surface area contributed by atoms with Crippen LogP contribution in [0.4, 0.5) is 11.4 Å². The molecule has 1 heterocycles. The van der Waals surface area contributed by atoms with Crippen molar-refractivity contribution in [2.24, 2.45) is 5.41 Å². The van der Waals surface area contributed by atoms with Crippen molar-refractivity contribution in [2.75, 3.05) is 29.4 Å². The van der Waals surface area contributed by atoms with Crippen LogP contribution in [0.1, 0.15) is 18.9 Å². The van der Waals surface area contributed by atoms with Gasteiger partial charge in [0.2, 0.25) is 15.9 Å². The fourth-order valence-electron chi connectivity index (χ4n) is 2.35. The number of aryl methyl sites for hydroxylation is 1. The van der Waals surface area contributed by atoms with Crippen molar-refractivity contribution in [3.05, 3.63) is 23.8 Å². The van der Waals surface area contributed by atoms with E-state index in [0.29, 0.717) is 17.9 Å². The van der Waals surface area contributed by atoms with Gasteiger partial charge in [-0.3, -0.25) is 9.52 Å². The zero-order valence-corrected chi connectivity index (χ0v) is 13.3. The maximum absolute atomic E-state index is 12.3. The van der Waals surface area contributed by atoms with E-state index in [1.54, 1.807) is 25.1 Å². The Labute approximate surface area is 125 Å². The van der Waals surface area contributed by atoms with Crippen LogP contribution in [0.3, 0.4) is 0 Å². The number of hydrogen-bond acceptors (Lipinski definition) is 4. The van der Waals surface area contributed by atoms with Crippen LogP contribution in [0, 0.1) is 12.3 Å². The van der Waals surface area contributed by atoms with Gasteiger partial charge in [-0.15, -0.1) is 0 Å². The molecule has 116 valence electrons. The predicted molar refractivity (Wildman–Crippen MR) is 83.9 cm³/mol. The summed E-state index contributed by atoms with van der Waals surface area (Å²) in [5.41, 5.74) is 1.55. The predicted octanol–water partition coefficient (Wildman–Crippen LogP) is 1.30. The summed E-state index contributed by atoms with van der Waals surface area (Å²) in [7, 11) is -3.30. The van der Waals surface area contributed by atoms with Gasteiger partial charge in [-0.25, -0.2) is 8.42 Å². The number of benzene rings is 1. The normalized spacial score (nSPS) is 22.0. The molecular formula is C14H21N3O3S. The lowest BCUT2D eigenvalue weighted by atomic mass is 9.88. The van der Waals surface area contributed by atoms with E-state index in [2.05, 4.69) is 15.4 Å². The standard InChI is InChI=1S/C14H21N3O3S/c1-10-8-11(4-5-12(10)17-21(3,19)20)16-13(18)14(2)6-7-15-9-14/h4-5,8,15,17H,6-7,9H2,1-3H3,(H,16,18). The van der Waals surface area contributed by atoms with E-state index in [1.165, 1.54) is 0 Å². The van der Waals surface area contributed by atoms with Gasteiger partial charge in [-0.05, 0) is 50.6 Å². The fraction of sp³-hybridized carbons (Fsp3) is 0.500. The molecule has 0 aliphatic carbocycles. The molecule has 1 fully saturated rings. The third-order valence-corrected chi connectivity index (χ3v) is 4.29. The van der Waals surface area contributed by atoms with E-state index in [9.17, 15) is 13.2 Å². The van der Waals surface area contributed by atoms with Gasteiger partial charge in [0.05, 0.1) is 17.4 Å². The van der Waals surface area contributed by atoms with Gasteiger partial charge in [0.15, 0.2) is 0 Å². The van der Waals surface area contributed by atoms with Crippen molar-refractivity contribution < 1.29 is 13.2 Å². The summed E-state index contributed by atoms with van der Waals surface area (Å²) in [5.74, 6) is -0.0178. The molecule has 3 N–H and O–H groups in total. The molecule has 1 aromatic rings. The second-order valence-electron chi connectivity index (χ2n) is 5.85. The highest BCUT2D eigenvalue weighted by atomic mass is 32.2. The van der Waals surface area contributed by atoms with Crippen molar-refractivity contribution in [2.45, 2.75) is 20.3 Å². The minimum atomic E-state index is -3.30. The molecule has 1 aliphatic heterocycles. The Hall–Kier alpha value is -1.60. The summed E-state index contributed by atoms with van der Waals surface area (Å²) in [6.07, 6.45) is 1.92. The lowest BCUT2D eigenvalue weighted by Crippen LogP contribution is -2.35. The third-order valence-electron chi connectivity index (χ3n) is 3.70. The lowest BCUT2D eigenvalue weighted by Gasteiger charge is -2.21. The average molecular weight is 311 g/mol. The van der Waals surface area contributed by atoms with Crippen molar-refractivity contribution >= 4 is 27.3 Å². The van der Waals surface area contributed by atoms with Crippen LogP contribution in [0.15, 0.2) is 18.2 Å². The van der Waals surface area contributed by atoms with Crippen LogP contribution in [0.2, 0.25) is 0 Å². The first-order chi connectivity index (χ1) is 9.70. The van der Waals surface area contributed by atoms with E-state index in [0.717, 1.165) is 24.8 Å². The molecule has 0 spiro atoms. The van der Waals surface area contributed by atoms with Gasteiger partial charge in [-0.1, -0.05) is 0 Å². The maximum atomic E-state index is 12.3. The van der Waals surface area contributed by atoms with Crippen LogP contribution in [0.25, 0.3) is 0 Å². The number of carbonyl (C=O) groups is 1. The topological polar surface area (TPSA) is 87.3 Å². The maximum Gasteiger partial charge on any atom is 0.231 e. The second kappa shape index (κ2) is 5.65. The summed E-state index contributed by atoms with van der Waals surface area (Å²) >= 11 is 0. The second-order valence-corrected chi connectivity index (χ2v) is 7.59. The smallest absolute Gasteiger partial charge is 0.231 e. The molecular weight excluding hydrogens is 290 g/mol. The molecule has 1 unspecified atom stereocenters. The van der Waals surface area contributed by atoms with Gasteiger partial charge in [0.25, 0.3) is 0 Å². The van der Waals surface area contributed by atoms with Crippen LogP contribution < -0.4 is 15.4 Å². The molecule has 6 nitrogen and oxygen atoms in total. The monoisotopic (exact) mass is 311 g/mol. The molecule has 0 aromatic heterocycles. The molecule has 21 heavy (non-hydrogen) atoms. The first-order valence-corrected chi connectivity index (χ1v) is 8.69. The van der Waals surface area contributed by atoms with E-state index in [4.69, 9.17) is 0 Å². The Morgan fingerprint density at radius 2 is 2.10 bits per heavy atom. The number of sulfonamides is 1. The molecule has 1 aromatic carbocycles. The lowest BCUT2D eigenvalue weighted by molar-refractivity contribution is -0.123. The minimum Gasteiger partial charge on any atom is -0.326 e. The summed E-state index contributed by atoms with van der Waals surface area (Å²) in [4.78, 5) is 12.3. The Bertz CT molecular complexity index is 649. The zero-order chi connectivity index (χ0) is 15.7. The molecule has 1 atom stereocenters. The largest absolute Gasteiger partial charge is 0.326 e. The van der Waals surface area contributed by atoms with E-state index in [-0.39, 0.29) is 5.91 Å². The molecule has 0 bridgehead atoms. The summed E-state index contributed by atoms with van der Waals surface area (Å²) < 4.78 is 24.9. The van der Waals surface area contributed by atoms with E-state index < -0.39 is 15.4 Å². The third kappa shape index (κ3) is 3.95. The average Bonchev–Trinajstić information content (AvgIpc) is 2.80. The molecule has 2 rings (SSSR count). The van der Waals surface area contributed by atoms with Crippen LogP contribution >= 0.6 is 0 Å². The van der Waals surface area contributed by atoms with Gasteiger partial charge < -0.3 is 10.6 Å². The van der Waals surface area contributed by atoms with E-state index in [1.807, 2.05) is 6.92 Å². The summed E-state index contributed by atoms with van der Waals surface area (Å²) in [6, 6.07) is 5.11. The highest BCUT2D eigenvalue weighted by molar-refractivity contribution is 7.92. The number of rotatable bonds is 4. The number of nitrogens with one attached hydrogen (secondary N) is 3. The Kier molecular flexibility index (Phi) is 4.25. The highest BCUT2D eigenvalue weighted by Gasteiger charge is 2.36. The Morgan fingerprint density at radius 3 is 2.62 bits per heavy atom. The molecule has 1 amide bonds. The van der Waals surface area contributed by atoms with Crippen molar-refractivity contribution in [3.8, 4) is 0 Å². The van der Waals surface area contributed by atoms with Crippen LogP contribution in [-0.4, -0.2) is 33.7 Å². The van der Waals surface area contributed by atoms with Crippen LogP contribution in [-0.2, 0) is 14.8 Å². The number of hydrogen-bond donors (Lipinski definition) is 3. The number of amides is 1. The first kappa shape index (κ1) is 15.8. The fourth-order valence-corrected chi connectivity index (χ4v) is 2.98. The van der Waals surface area contributed by atoms with Gasteiger partial charge in [-0.2, -0.15) is 0 Å². The quantitative estimate of drug-likeness (QED) is 0.782. The summed E-state index contributed by atoms with van der Waals surface area (Å²) in [6.45, 7) is 5.25. The Morgan fingerprint density at radius 1 is 1.38 bits per heavy atom. The van der Waals surface area contributed by atoms with Crippen molar-refractivity contribution in [3.63, 3.8) is 0 Å². The number of carbonyl (C=O) groups excluding carboxylic acids is 1. The molecule has 1 saturated heterocycles.